The van der Waals surface area contributed by atoms with Crippen LogP contribution in [0.5, 0.6) is 0 Å². The third-order valence-electron chi connectivity index (χ3n) is 3.58. The first-order valence-corrected chi connectivity index (χ1v) is 9.79. The van der Waals surface area contributed by atoms with E-state index in [0.29, 0.717) is 0 Å². The van der Waals surface area contributed by atoms with Gasteiger partial charge in [0.1, 0.15) is 12.9 Å². The molecule has 0 amide bonds. The van der Waals surface area contributed by atoms with Crippen molar-refractivity contribution in [3.63, 3.8) is 0 Å². The molecule has 1 fully saturated rings. The van der Waals surface area contributed by atoms with Crippen molar-refractivity contribution in [3.8, 4) is 0 Å². The van der Waals surface area contributed by atoms with Crippen LogP contribution in [0.3, 0.4) is 0 Å². The fourth-order valence-electron chi connectivity index (χ4n) is 2.23. The van der Waals surface area contributed by atoms with E-state index in [0.717, 1.165) is 0 Å². The highest BCUT2D eigenvalue weighted by molar-refractivity contribution is 7.88. The van der Waals surface area contributed by atoms with E-state index < -0.39 is 15.8 Å². The molecule has 0 aromatic heterocycles. The van der Waals surface area contributed by atoms with E-state index in [9.17, 15) is 8.42 Å². The molecule has 0 atom stereocenters. The van der Waals surface area contributed by atoms with Crippen molar-refractivity contribution in [2.75, 3.05) is 26.0 Å². The molecule has 0 N–H and O–H groups in total. The van der Waals surface area contributed by atoms with Crippen LogP contribution in [0.15, 0.2) is 60.9 Å². The van der Waals surface area contributed by atoms with Gasteiger partial charge in [-0.1, -0.05) is 48.6 Å². The number of nitrogens with zero attached hydrogens (tertiary/aromatic N) is 1. The Morgan fingerprint density at radius 2 is 1.48 bits per heavy atom. The second-order valence-electron chi connectivity index (χ2n) is 5.53. The van der Waals surface area contributed by atoms with Gasteiger partial charge in [0.15, 0.2) is 0 Å². The van der Waals surface area contributed by atoms with E-state index >= 15 is 0 Å². The first kappa shape index (κ1) is 19.6. The minimum atomic E-state index is -3.25. The van der Waals surface area contributed by atoms with Crippen LogP contribution in [-0.4, -0.2) is 44.5 Å². The van der Waals surface area contributed by atoms with Crippen LogP contribution >= 0.6 is 0 Å². The average Bonchev–Trinajstić information content (AvgIpc) is 2.57. The monoisotopic (exact) mass is 369 g/mol. The van der Waals surface area contributed by atoms with Gasteiger partial charge < -0.3 is 4.89 Å². The van der Waals surface area contributed by atoms with Crippen LogP contribution in [-0.2, 0) is 29.6 Å². The summed E-state index contributed by atoms with van der Waals surface area (Å²) in [6, 6.07) is 0. The zero-order valence-electron chi connectivity index (χ0n) is 14.1. The lowest BCUT2D eigenvalue weighted by Crippen LogP contribution is -2.49. The van der Waals surface area contributed by atoms with Crippen molar-refractivity contribution in [2.24, 2.45) is 0 Å². The first-order chi connectivity index (χ1) is 12.0. The predicted octanol–water partition coefficient (Wildman–Crippen LogP) is 2.39. The molecule has 8 heteroatoms. The number of sulfonamides is 1. The normalized spacial score (nSPS) is 29.3. The molecule has 0 bridgehead atoms. The Balaban J connectivity index is 2.02. The van der Waals surface area contributed by atoms with E-state index in [1.807, 2.05) is 36.5 Å². The summed E-state index contributed by atoms with van der Waals surface area (Å²) in [5.41, 5.74) is 0. The van der Waals surface area contributed by atoms with Gasteiger partial charge in [0.25, 0.3) is 0 Å². The summed E-state index contributed by atoms with van der Waals surface area (Å²) in [5, 5.41) is 0. The molecule has 7 nitrogen and oxygen atoms in total. The number of piperidine rings is 1. The smallest absolute Gasteiger partial charge is 0.247 e. The van der Waals surface area contributed by atoms with E-state index in [1.165, 1.54) is 16.8 Å². The van der Waals surface area contributed by atoms with Crippen LogP contribution in [0.4, 0.5) is 0 Å². The second-order valence-corrected chi connectivity index (χ2v) is 7.51. The van der Waals surface area contributed by atoms with Gasteiger partial charge in [0, 0.05) is 25.9 Å². The number of allylic oxidation sites excluding steroid dienone is 8. The lowest BCUT2D eigenvalue weighted by Gasteiger charge is -2.37. The largest absolute Gasteiger partial charge is 0.342 e. The van der Waals surface area contributed by atoms with Crippen molar-refractivity contribution < 1.29 is 28.0 Å². The summed E-state index contributed by atoms with van der Waals surface area (Å²) in [6.07, 6.45) is 19.6. The van der Waals surface area contributed by atoms with E-state index in [-0.39, 0.29) is 32.5 Å². The number of hydrogen-bond acceptors (Lipinski definition) is 6. The van der Waals surface area contributed by atoms with Crippen LogP contribution in [0.2, 0.25) is 0 Å². The fourth-order valence-corrected chi connectivity index (χ4v) is 3.08. The van der Waals surface area contributed by atoms with Gasteiger partial charge >= 0.3 is 0 Å². The van der Waals surface area contributed by atoms with Gasteiger partial charge in [0.2, 0.25) is 15.8 Å². The average molecular weight is 369 g/mol. The standard InChI is InChI=1S/C17H23NO6S/c1-25(19,20)18-13-11-17(12-14-18)23-21-15-9-7-5-3-2-4-6-8-10-16-22-24-17/h2-10,15H,11-14,16H2,1H3/b3-2+,6-4-,7-5-,10-8+,15-9+. The zero-order chi connectivity index (χ0) is 18.0. The molecule has 0 aliphatic carbocycles. The van der Waals surface area contributed by atoms with Crippen LogP contribution in [0.1, 0.15) is 12.8 Å². The maximum Gasteiger partial charge on any atom is 0.247 e. The molecule has 0 aromatic carbocycles. The summed E-state index contributed by atoms with van der Waals surface area (Å²) in [7, 11) is -3.25. The highest BCUT2D eigenvalue weighted by atomic mass is 32.2. The Labute approximate surface area is 148 Å². The molecule has 2 aliphatic heterocycles. The van der Waals surface area contributed by atoms with E-state index in [1.54, 1.807) is 18.2 Å². The first-order valence-electron chi connectivity index (χ1n) is 7.94. The Morgan fingerprint density at radius 3 is 2.12 bits per heavy atom. The molecule has 2 aliphatic rings. The third-order valence-corrected chi connectivity index (χ3v) is 4.88. The molecular weight excluding hydrogens is 346 g/mol. The molecule has 2 rings (SSSR count). The van der Waals surface area contributed by atoms with Gasteiger partial charge in [-0.05, 0) is 6.08 Å². The molecule has 138 valence electrons. The Bertz CT molecular complexity index is 655. The van der Waals surface area contributed by atoms with E-state index in [4.69, 9.17) is 19.6 Å². The maximum absolute atomic E-state index is 11.6. The van der Waals surface area contributed by atoms with Gasteiger partial charge in [-0.25, -0.2) is 17.6 Å². The third kappa shape index (κ3) is 6.97. The van der Waals surface area contributed by atoms with Crippen LogP contribution in [0.25, 0.3) is 0 Å². The van der Waals surface area contributed by atoms with Crippen molar-refractivity contribution in [2.45, 2.75) is 18.6 Å². The number of rotatable bonds is 1. The highest BCUT2D eigenvalue weighted by Gasteiger charge is 2.42. The summed E-state index contributed by atoms with van der Waals surface area (Å²) < 4.78 is 24.7. The predicted molar refractivity (Wildman–Crippen MR) is 93.3 cm³/mol. The molecule has 0 aromatic rings. The number of hydrogen-bond donors (Lipinski definition) is 0. The van der Waals surface area contributed by atoms with Gasteiger partial charge in [0.05, 0.1) is 6.26 Å². The van der Waals surface area contributed by atoms with Crippen molar-refractivity contribution >= 4 is 10.0 Å². The van der Waals surface area contributed by atoms with Gasteiger partial charge in [-0.3, -0.25) is 0 Å². The fraction of sp³-hybridized carbons (Fsp3) is 0.412. The quantitative estimate of drug-likeness (QED) is 0.661. The maximum atomic E-state index is 11.6. The lowest BCUT2D eigenvalue weighted by molar-refractivity contribution is -0.502. The lowest BCUT2D eigenvalue weighted by atomic mass is 10.1. The second kappa shape index (κ2) is 9.69. The summed E-state index contributed by atoms with van der Waals surface area (Å²) in [5.74, 6) is -1.16. The Hall–Kier alpha value is -1.71. The summed E-state index contributed by atoms with van der Waals surface area (Å²) >= 11 is 0. The topological polar surface area (TPSA) is 74.3 Å². The molecule has 1 saturated heterocycles. The molecule has 0 radical (unpaired) electrons. The van der Waals surface area contributed by atoms with Gasteiger partial charge in [-0.2, -0.15) is 9.78 Å². The summed E-state index contributed by atoms with van der Waals surface area (Å²) in [6.45, 7) is 0.752. The van der Waals surface area contributed by atoms with Crippen LogP contribution in [0, 0.1) is 0 Å². The molecule has 0 saturated carbocycles. The van der Waals surface area contributed by atoms with Crippen molar-refractivity contribution in [1.82, 2.24) is 4.31 Å². The molecule has 2 heterocycles. The van der Waals surface area contributed by atoms with E-state index in [2.05, 4.69) is 0 Å². The summed E-state index contributed by atoms with van der Waals surface area (Å²) in [4.78, 5) is 21.1. The Kier molecular flexibility index (Phi) is 7.60. The minimum absolute atomic E-state index is 0.227. The molecular formula is C17H23NO6S. The zero-order valence-corrected chi connectivity index (χ0v) is 14.9. The minimum Gasteiger partial charge on any atom is -0.342 e. The molecule has 1 spiro atoms. The van der Waals surface area contributed by atoms with Gasteiger partial charge in [-0.15, -0.1) is 0 Å². The highest BCUT2D eigenvalue weighted by Crippen LogP contribution is 2.29. The van der Waals surface area contributed by atoms with Crippen molar-refractivity contribution in [3.05, 3.63) is 60.9 Å². The molecule has 0 unspecified atom stereocenters. The van der Waals surface area contributed by atoms with Crippen LogP contribution < -0.4 is 0 Å². The Morgan fingerprint density at radius 1 is 0.880 bits per heavy atom. The SMILES string of the molecule is CS(=O)(=O)N1CCC2(CC1)OO/C=C/C=C\C=C\C=C/C=C/COO2. The molecule has 25 heavy (non-hydrogen) atoms. The van der Waals surface area contributed by atoms with Crippen molar-refractivity contribution in [1.29, 1.82) is 0 Å².